The average molecular weight is 163 g/mol. The fourth-order valence-corrected chi connectivity index (χ4v) is 1.06. The summed E-state index contributed by atoms with van der Waals surface area (Å²) in [7, 11) is -2.68. The third-order valence-electron chi connectivity index (χ3n) is 1.89. The van der Waals surface area contributed by atoms with E-state index in [4.69, 9.17) is 14.0 Å². The molecule has 4 nitrogen and oxygen atoms in total. The van der Waals surface area contributed by atoms with E-state index >= 15 is 0 Å². The Morgan fingerprint density at radius 2 is 2.36 bits per heavy atom. The summed E-state index contributed by atoms with van der Waals surface area (Å²) < 4.78 is 30.3. The lowest BCUT2D eigenvalue weighted by Gasteiger charge is -2.31. The second-order valence-electron chi connectivity index (χ2n) is 2.51. The number of ether oxygens (including phenoxy) is 2. The van der Waals surface area contributed by atoms with Crippen molar-refractivity contribution in [1.29, 1.82) is 0 Å². The molecule has 0 atom stereocenters. The highest BCUT2D eigenvalue weighted by molar-refractivity contribution is 5.77. The average Bonchev–Trinajstić information content (AvgIpc) is 2.02. The number of rotatable bonds is 2. The summed E-state index contributed by atoms with van der Waals surface area (Å²) in [6, 6.07) is 0. The van der Waals surface area contributed by atoms with Crippen molar-refractivity contribution < 1.29 is 23.5 Å². The molecule has 0 aromatic carbocycles. The van der Waals surface area contributed by atoms with Crippen LogP contribution in [0.1, 0.15) is 17.0 Å². The standard InChI is InChI=1S/C7H12O4/c1-10-7(6(8)9)2-4-11-5-3-7/h2-5H2,1H3,(H,8,9)/i1D3. The predicted molar refractivity (Wildman–Crippen MR) is 37.4 cm³/mol. The summed E-state index contributed by atoms with van der Waals surface area (Å²) in [5.41, 5.74) is -1.61. The van der Waals surface area contributed by atoms with Crippen molar-refractivity contribution in [3.63, 3.8) is 0 Å². The van der Waals surface area contributed by atoms with Gasteiger partial charge in [0.1, 0.15) is 0 Å². The minimum absolute atomic E-state index is 0.0702. The van der Waals surface area contributed by atoms with Gasteiger partial charge in [0, 0.05) is 33.1 Å². The number of carboxylic acids is 1. The minimum atomic E-state index is -2.68. The fourth-order valence-electron chi connectivity index (χ4n) is 1.06. The van der Waals surface area contributed by atoms with E-state index in [1.165, 1.54) is 0 Å². The molecule has 4 heteroatoms. The second kappa shape index (κ2) is 3.19. The summed E-state index contributed by atoms with van der Waals surface area (Å²) in [6.45, 7) is 0.421. The number of carbonyl (C=O) groups is 1. The van der Waals surface area contributed by atoms with Gasteiger partial charge in [-0.3, -0.25) is 0 Å². The van der Waals surface area contributed by atoms with Crippen molar-refractivity contribution in [3.8, 4) is 0 Å². The maximum absolute atomic E-state index is 10.9. The highest BCUT2D eigenvalue weighted by Gasteiger charge is 2.40. The topological polar surface area (TPSA) is 55.8 Å². The SMILES string of the molecule is [2H]C([2H])([2H])OC1(C(=O)O)CCOCC1. The van der Waals surface area contributed by atoms with Gasteiger partial charge >= 0.3 is 5.97 Å². The molecule has 1 aliphatic heterocycles. The van der Waals surface area contributed by atoms with Crippen LogP contribution in [0.2, 0.25) is 0 Å². The Balaban J connectivity index is 2.76. The first-order chi connectivity index (χ1) is 6.36. The third-order valence-corrected chi connectivity index (χ3v) is 1.89. The lowest BCUT2D eigenvalue weighted by Crippen LogP contribution is -2.45. The van der Waals surface area contributed by atoms with Crippen LogP contribution in [0.4, 0.5) is 0 Å². The Hall–Kier alpha value is -0.610. The monoisotopic (exact) mass is 163 g/mol. The molecule has 0 aliphatic carbocycles. The molecule has 1 fully saturated rings. The van der Waals surface area contributed by atoms with Crippen molar-refractivity contribution in [3.05, 3.63) is 0 Å². The first kappa shape index (κ1) is 5.11. The van der Waals surface area contributed by atoms with E-state index in [1.54, 1.807) is 0 Å². The number of hydrogen-bond donors (Lipinski definition) is 1. The number of carboxylic acid groups (broad SMARTS) is 1. The van der Waals surface area contributed by atoms with Crippen molar-refractivity contribution in [2.75, 3.05) is 20.3 Å². The number of methoxy groups -OCH3 is 1. The molecule has 1 N–H and O–H groups in total. The predicted octanol–water partition coefficient (Wildman–Crippen LogP) is 0.267. The molecule has 0 spiro atoms. The van der Waals surface area contributed by atoms with Crippen LogP contribution >= 0.6 is 0 Å². The summed E-state index contributed by atoms with van der Waals surface area (Å²) in [5.74, 6) is -1.24. The van der Waals surface area contributed by atoms with E-state index in [-0.39, 0.29) is 26.1 Å². The molecule has 0 unspecified atom stereocenters. The molecule has 1 saturated heterocycles. The van der Waals surface area contributed by atoms with Crippen molar-refractivity contribution in [2.45, 2.75) is 18.4 Å². The Kier molecular flexibility index (Phi) is 1.48. The molecule has 0 aromatic heterocycles. The van der Waals surface area contributed by atoms with Crippen molar-refractivity contribution >= 4 is 5.97 Å². The van der Waals surface area contributed by atoms with Gasteiger partial charge in [-0.05, 0) is 0 Å². The molecule has 0 radical (unpaired) electrons. The van der Waals surface area contributed by atoms with E-state index in [0.717, 1.165) is 0 Å². The fraction of sp³-hybridized carbons (Fsp3) is 0.857. The van der Waals surface area contributed by atoms with Gasteiger partial charge in [0.05, 0.1) is 4.11 Å². The first-order valence-corrected chi connectivity index (χ1v) is 3.37. The lowest BCUT2D eigenvalue weighted by atomic mass is 9.94. The van der Waals surface area contributed by atoms with Gasteiger partial charge in [0.2, 0.25) is 0 Å². The quantitative estimate of drug-likeness (QED) is 0.634. The van der Waals surface area contributed by atoms with Gasteiger partial charge in [-0.2, -0.15) is 0 Å². The Morgan fingerprint density at radius 3 is 2.82 bits per heavy atom. The van der Waals surface area contributed by atoms with Gasteiger partial charge in [-0.15, -0.1) is 0 Å². The molecule has 1 rings (SSSR count). The molecule has 0 amide bonds. The Bertz CT molecular complexity index is 219. The van der Waals surface area contributed by atoms with Crippen LogP contribution in [0.5, 0.6) is 0 Å². The summed E-state index contributed by atoms with van der Waals surface area (Å²) in [5, 5.41) is 8.92. The molecular weight excluding hydrogens is 148 g/mol. The van der Waals surface area contributed by atoms with E-state index in [9.17, 15) is 4.79 Å². The zero-order valence-electron chi connectivity index (χ0n) is 9.00. The van der Waals surface area contributed by atoms with Crippen molar-refractivity contribution in [2.24, 2.45) is 0 Å². The smallest absolute Gasteiger partial charge is 0.336 e. The third kappa shape index (κ3) is 1.52. The molecule has 11 heavy (non-hydrogen) atoms. The largest absolute Gasteiger partial charge is 0.479 e. The van der Waals surface area contributed by atoms with Gasteiger partial charge in [-0.25, -0.2) is 4.79 Å². The van der Waals surface area contributed by atoms with Gasteiger partial charge < -0.3 is 14.6 Å². The van der Waals surface area contributed by atoms with Crippen LogP contribution in [0.15, 0.2) is 0 Å². The van der Waals surface area contributed by atoms with Gasteiger partial charge in [0.15, 0.2) is 5.60 Å². The molecule has 0 bridgehead atoms. The Labute approximate surface area is 69.3 Å². The van der Waals surface area contributed by atoms with Crippen LogP contribution in [0.25, 0.3) is 0 Å². The van der Waals surface area contributed by atoms with Crippen LogP contribution < -0.4 is 0 Å². The van der Waals surface area contributed by atoms with Crippen LogP contribution in [0.3, 0.4) is 0 Å². The summed E-state index contributed by atoms with van der Waals surface area (Å²) >= 11 is 0. The normalized spacial score (nSPS) is 28.2. The first-order valence-electron chi connectivity index (χ1n) is 4.87. The van der Waals surface area contributed by atoms with Crippen LogP contribution in [0, 0.1) is 0 Å². The van der Waals surface area contributed by atoms with Gasteiger partial charge in [0.25, 0.3) is 0 Å². The molecular formula is C7H12O4. The molecule has 0 saturated carbocycles. The van der Waals surface area contributed by atoms with E-state index in [2.05, 4.69) is 4.74 Å². The number of aliphatic carboxylic acids is 1. The highest BCUT2D eigenvalue weighted by atomic mass is 16.5. The minimum Gasteiger partial charge on any atom is -0.479 e. The second-order valence-corrected chi connectivity index (χ2v) is 2.51. The maximum atomic E-state index is 10.9. The van der Waals surface area contributed by atoms with E-state index in [1.807, 2.05) is 0 Å². The molecule has 0 aromatic rings. The van der Waals surface area contributed by atoms with Gasteiger partial charge in [-0.1, -0.05) is 0 Å². The highest BCUT2D eigenvalue weighted by Crippen LogP contribution is 2.24. The molecule has 1 heterocycles. The summed E-state index contributed by atoms with van der Waals surface area (Å²) in [4.78, 5) is 10.9. The van der Waals surface area contributed by atoms with E-state index in [0.29, 0.717) is 0 Å². The maximum Gasteiger partial charge on any atom is 0.336 e. The van der Waals surface area contributed by atoms with E-state index < -0.39 is 18.6 Å². The van der Waals surface area contributed by atoms with Crippen LogP contribution in [-0.2, 0) is 14.3 Å². The Morgan fingerprint density at radius 1 is 1.73 bits per heavy atom. The molecule has 1 aliphatic rings. The summed E-state index contributed by atoms with van der Waals surface area (Å²) in [6.07, 6.45) is 0.140. The zero-order chi connectivity index (χ0) is 10.8. The number of hydrogen-bond acceptors (Lipinski definition) is 3. The van der Waals surface area contributed by atoms with Crippen LogP contribution in [-0.4, -0.2) is 36.9 Å². The van der Waals surface area contributed by atoms with Crippen molar-refractivity contribution in [1.82, 2.24) is 0 Å². The molecule has 64 valence electrons. The lowest BCUT2D eigenvalue weighted by molar-refractivity contribution is -0.173. The zero-order valence-corrected chi connectivity index (χ0v) is 6.00.